The molecule has 0 aromatic rings. The lowest BCUT2D eigenvalue weighted by atomic mass is 9.85. The number of nitrogens with one attached hydrogen (secondary N) is 1. The molecule has 0 radical (unpaired) electrons. The average Bonchev–Trinajstić information content (AvgIpc) is 2.49. The van der Waals surface area contributed by atoms with Gasteiger partial charge in [0.15, 0.2) is 0 Å². The monoisotopic (exact) mass is 313 g/mol. The summed E-state index contributed by atoms with van der Waals surface area (Å²) in [4.78, 5) is 12.1. The predicted octanol–water partition coefficient (Wildman–Crippen LogP) is 5.09. The van der Waals surface area contributed by atoms with Gasteiger partial charge in [-0.15, -0.1) is 0 Å². The van der Waals surface area contributed by atoms with Gasteiger partial charge in [-0.25, -0.2) is 0 Å². The minimum absolute atomic E-state index is 0.153. The van der Waals surface area contributed by atoms with Crippen molar-refractivity contribution >= 4 is 5.91 Å². The van der Waals surface area contributed by atoms with Gasteiger partial charge < -0.3 is 10.1 Å². The quantitative estimate of drug-likeness (QED) is 0.428. The molecule has 1 N–H and O–H groups in total. The molecule has 0 aromatic carbocycles. The highest BCUT2D eigenvalue weighted by atomic mass is 16.5. The molecule has 0 rings (SSSR count). The Morgan fingerprint density at radius 1 is 0.909 bits per heavy atom. The van der Waals surface area contributed by atoms with Gasteiger partial charge >= 0.3 is 0 Å². The first-order chi connectivity index (χ1) is 10.5. The van der Waals surface area contributed by atoms with Crippen molar-refractivity contribution in [2.24, 2.45) is 5.41 Å². The van der Waals surface area contributed by atoms with Crippen LogP contribution in [0.1, 0.15) is 91.4 Å². The second-order valence-electron chi connectivity index (χ2n) is 7.06. The van der Waals surface area contributed by atoms with Crippen LogP contribution in [0.25, 0.3) is 0 Å². The molecule has 0 saturated carbocycles. The molecule has 0 aliphatic carbocycles. The molecule has 132 valence electrons. The summed E-state index contributed by atoms with van der Waals surface area (Å²) in [5.74, 6) is 0.153. The Kier molecular flexibility index (Phi) is 13.7. The molecule has 0 heterocycles. The van der Waals surface area contributed by atoms with Crippen molar-refractivity contribution < 1.29 is 9.53 Å². The molecule has 0 atom stereocenters. The van der Waals surface area contributed by atoms with Crippen LogP contribution in [0.5, 0.6) is 0 Å². The van der Waals surface area contributed by atoms with Crippen LogP contribution in [0.2, 0.25) is 0 Å². The van der Waals surface area contributed by atoms with Crippen molar-refractivity contribution in [3.63, 3.8) is 0 Å². The van der Waals surface area contributed by atoms with E-state index in [1.165, 1.54) is 57.8 Å². The standard InChI is InChI=1S/C19H39NO2/c1-5-6-7-8-9-10-11-12-13-14-15-19(2,3)18(21)20-16-17-22-4/h5-17H2,1-4H3,(H,20,21). The first-order valence-electron chi connectivity index (χ1n) is 9.32. The lowest BCUT2D eigenvalue weighted by Crippen LogP contribution is -2.38. The number of ether oxygens (including phenoxy) is 1. The Balaban J connectivity index is 3.50. The summed E-state index contributed by atoms with van der Waals surface area (Å²) in [6.07, 6.45) is 14.4. The van der Waals surface area contributed by atoms with Crippen molar-refractivity contribution in [1.29, 1.82) is 0 Å². The molecule has 0 aliphatic rings. The van der Waals surface area contributed by atoms with Gasteiger partial charge in [0.1, 0.15) is 0 Å². The summed E-state index contributed by atoms with van der Waals surface area (Å²) in [7, 11) is 1.65. The second-order valence-corrected chi connectivity index (χ2v) is 7.06. The molecule has 0 aliphatic heterocycles. The zero-order valence-electron chi connectivity index (χ0n) is 15.5. The molecule has 0 bridgehead atoms. The highest BCUT2D eigenvalue weighted by molar-refractivity contribution is 5.81. The number of methoxy groups -OCH3 is 1. The number of unbranched alkanes of at least 4 members (excludes halogenated alkanes) is 9. The molecule has 3 nitrogen and oxygen atoms in total. The summed E-state index contributed by atoms with van der Waals surface area (Å²) in [6.45, 7) is 7.54. The fraction of sp³-hybridized carbons (Fsp3) is 0.947. The van der Waals surface area contributed by atoms with E-state index >= 15 is 0 Å². The molecule has 0 spiro atoms. The number of rotatable bonds is 15. The van der Waals surface area contributed by atoms with Gasteiger partial charge in [0.2, 0.25) is 5.91 Å². The normalized spacial score (nSPS) is 11.6. The van der Waals surface area contributed by atoms with Gasteiger partial charge in [-0.1, -0.05) is 85.0 Å². The zero-order valence-corrected chi connectivity index (χ0v) is 15.5. The topological polar surface area (TPSA) is 38.3 Å². The zero-order chi connectivity index (χ0) is 16.7. The maximum atomic E-state index is 12.1. The molecular weight excluding hydrogens is 274 g/mol. The minimum atomic E-state index is -0.256. The fourth-order valence-corrected chi connectivity index (χ4v) is 2.67. The second kappa shape index (κ2) is 14.0. The largest absolute Gasteiger partial charge is 0.383 e. The van der Waals surface area contributed by atoms with E-state index < -0.39 is 0 Å². The molecule has 0 saturated heterocycles. The molecule has 0 aromatic heterocycles. The van der Waals surface area contributed by atoms with Crippen molar-refractivity contribution in [3.8, 4) is 0 Å². The highest BCUT2D eigenvalue weighted by Crippen LogP contribution is 2.24. The Morgan fingerprint density at radius 2 is 1.41 bits per heavy atom. The summed E-state index contributed by atoms with van der Waals surface area (Å²) < 4.78 is 4.96. The lowest BCUT2D eigenvalue weighted by molar-refractivity contribution is -0.129. The van der Waals surface area contributed by atoms with Crippen molar-refractivity contribution in [1.82, 2.24) is 5.32 Å². The summed E-state index contributed by atoms with van der Waals surface area (Å²) in [5.41, 5.74) is -0.256. The van der Waals surface area contributed by atoms with E-state index in [9.17, 15) is 4.79 Å². The third-order valence-corrected chi connectivity index (χ3v) is 4.36. The number of hydrogen-bond donors (Lipinski definition) is 1. The van der Waals surface area contributed by atoms with E-state index in [1.807, 2.05) is 13.8 Å². The van der Waals surface area contributed by atoms with Crippen molar-refractivity contribution in [2.75, 3.05) is 20.3 Å². The lowest BCUT2D eigenvalue weighted by Gasteiger charge is -2.23. The molecule has 3 heteroatoms. The van der Waals surface area contributed by atoms with Crippen LogP contribution in [0.3, 0.4) is 0 Å². The molecular formula is C19H39NO2. The van der Waals surface area contributed by atoms with E-state index in [-0.39, 0.29) is 11.3 Å². The highest BCUT2D eigenvalue weighted by Gasteiger charge is 2.26. The van der Waals surface area contributed by atoms with Gasteiger partial charge in [-0.05, 0) is 6.42 Å². The number of carbonyl (C=O) groups is 1. The molecule has 1 amide bonds. The molecule has 0 fully saturated rings. The number of hydrogen-bond acceptors (Lipinski definition) is 2. The predicted molar refractivity (Wildman–Crippen MR) is 95.1 cm³/mol. The van der Waals surface area contributed by atoms with Gasteiger partial charge in [-0.2, -0.15) is 0 Å². The van der Waals surface area contributed by atoms with E-state index in [2.05, 4.69) is 12.2 Å². The smallest absolute Gasteiger partial charge is 0.225 e. The third-order valence-electron chi connectivity index (χ3n) is 4.36. The van der Waals surface area contributed by atoms with Gasteiger partial charge in [0, 0.05) is 19.1 Å². The van der Waals surface area contributed by atoms with E-state index in [1.54, 1.807) is 7.11 Å². The van der Waals surface area contributed by atoms with Crippen molar-refractivity contribution in [2.45, 2.75) is 91.4 Å². The van der Waals surface area contributed by atoms with Crippen LogP contribution in [-0.4, -0.2) is 26.2 Å². The maximum absolute atomic E-state index is 12.1. The summed E-state index contributed by atoms with van der Waals surface area (Å²) in [6, 6.07) is 0. The Hall–Kier alpha value is -0.570. The minimum Gasteiger partial charge on any atom is -0.383 e. The fourth-order valence-electron chi connectivity index (χ4n) is 2.67. The van der Waals surface area contributed by atoms with Crippen LogP contribution in [0.15, 0.2) is 0 Å². The summed E-state index contributed by atoms with van der Waals surface area (Å²) in [5, 5.41) is 2.95. The number of amides is 1. The molecule has 0 unspecified atom stereocenters. The molecule has 22 heavy (non-hydrogen) atoms. The van der Waals surface area contributed by atoms with E-state index in [0.29, 0.717) is 13.2 Å². The Labute approximate surface area is 138 Å². The van der Waals surface area contributed by atoms with Crippen LogP contribution in [0.4, 0.5) is 0 Å². The van der Waals surface area contributed by atoms with Gasteiger partial charge in [-0.3, -0.25) is 4.79 Å². The van der Waals surface area contributed by atoms with E-state index in [0.717, 1.165) is 12.8 Å². The first kappa shape index (κ1) is 21.4. The van der Waals surface area contributed by atoms with Crippen LogP contribution < -0.4 is 5.32 Å². The van der Waals surface area contributed by atoms with Gasteiger partial charge in [0.25, 0.3) is 0 Å². The third kappa shape index (κ3) is 12.0. The average molecular weight is 314 g/mol. The number of carbonyl (C=O) groups excluding carboxylic acids is 1. The van der Waals surface area contributed by atoms with Crippen LogP contribution >= 0.6 is 0 Å². The SMILES string of the molecule is CCCCCCCCCCCCC(C)(C)C(=O)NCCOC. The Bertz CT molecular complexity index is 264. The van der Waals surface area contributed by atoms with Crippen LogP contribution in [-0.2, 0) is 9.53 Å². The maximum Gasteiger partial charge on any atom is 0.225 e. The summed E-state index contributed by atoms with van der Waals surface area (Å²) >= 11 is 0. The Morgan fingerprint density at radius 3 is 1.91 bits per heavy atom. The van der Waals surface area contributed by atoms with Crippen molar-refractivity contribution in [3.05, 3.63) is 0 Å². The van der Waals surface area contributed by atoms with Crippen LogP contribution in [0, 0.1) is 5.41 Å². The van der Waals surface area contributed by atoms with E-state index in [4.69, 9.17) is 4.74 Å². The first-order valence-corrected chi connectivity index (χ1v) is 9.32. The van der Waals surface area contributed by atoms with Gasteiger partial charge in [0.05, 0.1) is 6.61 Å².